The fraction of sp³-hybridized carbons (Fsp3) is 0.364. The van der Waals surface area contributed by atoms with Crippen LogP contribution in [0.1, 0.15) is 26.2 Å². The third kappa shape index (κ3) is 4.72. The van der Waals surface area contributed by atoms with E-state index in [0.717, 1.165) is 39.6 Å². The summed E-state index contributed by atoms with van der Waals surface area (Å²) in [7, 11) is 0. The molecule has 1 aliphatic rings. The van der Waals surface area contributed by atoms with Crippen LogP contribution in [0.15, 0.2) is 48.5 Å². The Hall–Kier alpha value is -1.95. The lowest BCUT2D eigenvalue weighted by atomic mass is 9.85. The number of anilines is 1. The molecule has 6 heteroatoms. The van der Waals surface area contributed by atoms with Crippen LogP contribution in [0, 0.1) is 11.8 Å². The standard InChI is InChI=1S/C22H25N3OS.ClH/c1-15(16-7-6-12-23-14-16)13-21(26)24-18-9-3-2-8-17(18)22-25-19-10-4-5-11-20(19)27-22;/h2-5,8-11,15-16,23H,6-7,12-14H2,1H3,(H,24,26);1H. The number of nitrogens with one attached hydrogen (secondary N) is 2. The molecule has 4 nitrogen and oxygen atoms in total. The number of carbonyl (C=O) groups excluding carboxylic acids is 1. The van der Waals surface area contributed by atoms with Crippen LogP contribution < -0.4 is 10.6 Å². The van der Waals surface area contributed by atoms with Gasteiger partial charge < -0.3 is 10.6 Å². The minimum atomic E-state index is 0. The highest BCUT2D eigenvalue weighted by atomic mass is 35.5. The van der Waals surface area contributed by atoms with E-state index >= 15 is 0 Å². The van der Waals surface area contributed by atoms with Gasteiger partial charge in [-0.2, -0.15) is 0 Å². The zero-order valence-corrected chi connectivity index (χ0v) is 17.6. The van der Waals surface area contributed by atoms with E-state index in [4.69, 9.17) is 4.98 Å². The van der Waals surface area contributed by atoms with Crippen molar-refractivity contribution in [1.29, 1.82) is 0 Å². The van der Waals surface area contributed by atoms with E-state index in [1.165, 1.54) is 12.8 Å². The number of carbonyl (C=O) groups is 1. The van der Waals surface area contributed by atoms with Crippen LogP contribution >= 0.6 is 23.7 Å². The third-order valence-corrected chi connectivity index (χ3v) is 6.44. The summed E-state index contributed by atoms with van der Waals surface area (Å²) in [5.41, 5.74) is 2.83. The molecular formula is C22H26ClN3OS. The topological polar surface area (TPSA) is 54.0 Å². The zero-order valence-electron chi connectivity index (χ0n) is 16.0. The van der Waals surface area contributed by atoms with Crippen LogP contribution in [-0.2, 0) is 4.79 Å². The molecule has 0 aliphatic carbocycles. The fourth-order valence-electron chi connectivity index (χ4n) is 3.79. The van der Waals surface area contributed by atoms with E-state index in [0.29, 0.717) is 18.3 Å². The number of rotatable bonds is 5. The molecule has 4 rings (SSSR count). The maximum Gasteiger partial charge on any atom is 0.224 e. The average Bonchev–Trinajstić information content (AvgIpc) is 3.13. The monoisotopic (exact) mass is 415 g/mol. The number of fused-ring (bicyclic) bond motifs is 1. The summed E-state index contributed by atoms with van der Waals surface area (Å²) in [6, 6.07) is 16.1. The van der Waals surface area contributed by atoms with Crippen molar-refractivity contribution in [2.45, 2.75) is 26.2 Å². The van der Waals surface area contributed by atoms with Crippen molar-refractivity contribution in [3.8, 4) is 10.6 Å². The van der Waals surface area contributed by atoms with Crippen molar-refractivity contribution in [1.82, 2.24) is 10.3 Å². The van der Waals surface area contributed by atoms with E-state index in [2.05, 4.69) is 23.6 Å². The van der Waals surface area contributed by atoms with Gasteiger partial charge in [-0.1, -0.05) is 31.2 Å². The number of hydrogen-bond donors (Lipinski definition) is 2. The van der Waals surface area contributed by atoms with Crippen LogP contribution in [0.5, 0.6) is 0 Å². The largest absolute Gasteiger partial charge is 0.325 e. The van der Waals surface area contributed by atoms with Crippen LogP contribution in [0.4, 0.5) is 5.69 Å². The highest BCUT2D eigenvalue weighted by Gasteiger charge is 2.22. The highest BCUT2D eigenvalue weighted by molar-refractivity contribution is 7.21. The molecule has 0 radical (unpaired) electrons. The van der Waals surface area contributed by atoms with Gasteiger partial charge in [0, 0.05) is 12.0 Å². The summed E-state index contributed by atoms with van der Waals surface area (Å²) < 4.78 is 1.16. The van der Waals surface area contributed by atoms with Crippen molar-refractivity contribution in [2.75, 3.05) is 18.4 Å². The molecule has 148 valence electrons. The number of thiazole rings is 1. The van der Waals surface area contributed by atoms with E-state index in [1.54, 1.807) is 11.3 Å². The van der Waals surface area contributed by atoms with Gasteiger partial charge in [0.1, 0.15) is 5.01 Å². The van der Waals surface area contributed by atoms with Crippen molar-refractivity contribution >= 4 is 45.6 Å². The van der Waals surface area contributed by atoms with E-state index in [-0.39, 0.29) is 18.3 Å². The lowest BCUT2D eigenvalue weighted by Crippen LogP contribution is -2.34. The Kier molecular flexibility index (Phi) is 7.05. The Morgan fingerprint density at radius 3 is 2.82 bits per heavy atom. The molecule has 1 fully saturated rings. The molecule has 2 aromatic carbocycles. The first-order valence-corrected chi connectivity index (χ1v) is 10.5. The summed E-state index contributed by atoms with van der Waals surface area (Å²) in [4.78, 5) is 17.4. The maximum absolute atomic E-state index is 12.7. The predicted molar refractivity (Wildman–Crippen MR) is 120 cm³/mol. The lowest BCUT2D eigenvalue weighted by Gasteiger charge is -2.28. The van der Waals surface area contributed by atoms with E-state index in [9.17, 15) is 4.79 Å². The lowest BCUT2D eigenvalue weighted by molar-refractivity contribution is -0.117. The van der Waals surface area contributed by atoms with Crippen LogP contribution in [0.25, 0.3) is 20.8 Å². The fourth-order valence-corrected chi connectivity index (χ4v) is 4.80. The summed E-state index contributed by atoms with van der Waals surface area (Å²) in [5.74, 6) is 1.05. The molecule has 1 aliphatic heterocycles. The van der Waals surface area contributed by atoms with Gasteiger partial charge in [0.15, 0.2) is 0 Å². The normalized spacial score (nSPS) is 17.7. The van der Waals surface area contributed by atoms with Gasteiger partial charge in [0.25, 0.3) is 0 Å². The van der Waals surface area contributed by atoms with E-state index in [1.807, 2.05) is 42.5 Å². The number of benzene rings is 2. The number of aromatic nitrogens is 1. The molecule has 3 aromatic rings. The SMILES string of the molecule is CC(CC(=O)Nc1ccccc1-c1nc2ccccc2s1)C1CCCNC1.Cl. The first-order valence-electron chi connectivity index (χ1n) is 9.66. The molecule has 2 unspecified atom stereocenters. The van der Waals surface area contributed by atoms with Gasteiger partial charge >= 0.3 is 0 Å². The second-order valence-corrected chi connectivity index (χ2v) is 8.40. The number of hydrogen-bond acceptors (Lipinski definition) is 4. The summed E-state index contributed by atoms with van der Waals surface area (Å²) in [5, 5.41) is 7.52. The minimum absolute atomic E-state index is 0. The van der Waals surface area contributed by atoms with Crippen molar-refractivity contribution in [3.63, 3.8) is 0 Å². The molecule has 28 heavy (non-hydrogen) atoms. The van der Waals surface area contributed by atoms with Gasteiger partial charge in [-0.25, -0.2) is 4.98 Å². The molecule has 0 bridgehead atoms. The molecule has 2 N–H and O–H groups in total. The summed E-state index contributed by atoms with van der Waals surface area (Å²) >= 11 is 1.66. The number of halogens is 1. The molecular weight excluding hydrogens is 390 g/mol. The average molecular weight is 416 g/mol. The van der Waals surface area contributed by atoms with Crippen molar-refractivity contribution < 1.29 is 4.79 Å². The van der Waals surface area contributed by atoms with Crippen molar-refractivity contribution in [3.05, 3.63) is 48.5 Å². The summed E-state index contributed by atoms with van der Waals surface area (Å²) in [6.45, 7) is 4.32. The van der Waals surface area contributed by atoms with Crippen LogP contribution in [-0.4, -0.2) is 24.0 Å². The number of nitrogens with zero attached hydrogens (tertiary/aromatic N) is 1. The second-order valence-electron chi connectivity index (χ2n) is 7.37. The second kappa shape index (κ2) is 9.50. The number of para-hydroxylation sites is 2. The molecule has 1 saturated heterocycles. The number of amides is 1. The van der Waals surface area contributed by atoms with Gasteiger partial charge in [0.2, 0.25) is 5.91 Å². The predicted octanol–water partition coefficient (Wildman–Crippen LogP) is 5.35. The van der Waals surface area contributed by atoms with Crippen molar-refractivity contribution in [2.24, 2.45) is 11.8 Å². The van der Waals surface area contributed by atoms with Crippen LogP contribution in [0.2, 0.25) is 0 Å². The minimum Gasteiger partial charge on any atom is -0.325 e. The Bertz CT molecular complexity index is 903. The van der Waals surface area contributed by atoms with Gasteiger partial charge in [-0.15, -0.1) is 23.7 Å². The zero-order chi connectivity index (χ0) is 18.6. The Labute approximate surface area is 176 Å². The Morgan fingerprint density at radius 2 is 2.04 bits per heavy atom. The van der Waals surface area contributed by atoms with Gasteiger partial charge in [0.05, 0.1) is 15.9 Å². The molecule has 0 spiro atoms. The molecule has 2 heterocycles. The quantitative estimate of drug-likeness (QED) is 0.590. The molecule has 0 saturated carbocycles. The molecule has 1 amide bonds. The third-order valence-electron chi connectivity index (χ3n) is 5.37. The Balaban J connectivity index is 0.00000225. The highest BCUT2D eigenvalue weighted by Crippen LogP contribution is 2.34. The molecule has 2 atom stereocenters. The first kappa shape index (κ1) is 20.8. The first-order chi connectivity index (χ1) is 13.2. The summed E-state index contributed by atoms with van der Waals surface area (Å²) in [6.07, 6.45) is 2.97. The number of piperidine rings is 1. The maximum atomic E-state index is 12.7. The van der Waals surface area contributed by atoms with Gasteiger partial charge in [-0.05, 0) is 62.0 Å². The van der Waals surface area contributed by atoms with E-state index < -0.39 is 0 Å². The van der Waals surface area contributed by atoms with Gasteiger partial charge in [-0.3, -0.25) is 4.79 Å². The Morgan fingerprint density at radius 1 is 1.25 bits per heavy atom. The molecule has 1 aromatic heterocycles. The van der Waals surface area contributed by atoms with Crippen LogP contribution in [0.3, 0.4) is 0 Å². The smallest absolute Gasteiger partial charge is 0.224 e.